The van der Waals surface area contributed by atoms with Gasteiger partial charge in [-0.2, -0.15) is 5.10 Å². The number of fused-ring (bicyclic) bond motifs is 1. The Bertz CT molecular complexity index is 534. The average Bonchev–Trinajstić information content (AvgIpc) is 2.73. The molecule has 0 radical (unpaired) electrons. The Labute approximate surface area is 127 Å². The van der Waals surface area contributed by atoms with Crippen LogP contribution in [0.5, 0.6) is 0 Å². The van der Waals surface area contributed by atoms with Gasteiger partial charge in [-0.1, -0.05) is 19.3 Å². The molecular formula is C17H27N3O. The summed E-state index contributed by atoms with van der Waals surface area (Å²) in [6.07, 6.45) is 7.17. The topological polar surface area (TPSA) is 38.1 Å². The second-order valence-electron chi connectivity index (χ2n) is 6.88. The maximum absolute atomic E-state index is 12.6. The van der Waals surface area contributed by atoms with Gasteiger partial charge in [-0.25, -0.2) is 0 Å². The number of hydrogen-bond donors (Lipinski definition) is 0. The van der Waals surface area contributed by atoms with Crippen LogP contribution >= 0.6 is 0 Å². The third-order valence-electron chi connectivity index (χ3n) is 5.63. The first kappa shape index (κ1) is 14.6. The molecule has 1 aliphatic carbocycles. The zero-order valence-electron chi connectivity index (χ0n) is 13.6. The predicted octanol–water partition coefficient (Wildman–Crippen LogP) is 2.62. The van der Waals surface area contributed by atoms with Gasteiger partial charge in [0.15, 0.2) is 0 Å². The van der Waals surface area contributed by atoms with E-state index in [1.807, 2.05) is 18.7 Å². The summed E-state index contributed by atoms with van der Waals surface area (Å²) in [6.45, 7) is 6.00. The van der Waals surface area contributed by atoms with Gasteiger partial charge < -0.3 is 4.90 Å². The van der Waals surface area contributed by atoms with E-state index in [4.69, 9.17) is 0 Å². The molecule has 3 rings (SSSR count). The van der Waals surface area contributed by atoms with Crippen LogP contribution in [-0.2, 0) is 18.3 Å². The number of carbonyl (C=O) groups is 1. The van der Waals surface area contributed by atoms with E-state index in [0.29, 0.717) is 12.3 Å². The molecule has 4 heteroatoms. The molecule has 2 unspecified atom stereocenters. The van der Waals surface area contributed by atoms with Crippen LogP contribution < -0.4 is 0 Å². The van der Waals surface area contributed by atoms with Crippen molar-refractivity contribution in [1.29, 1.82) is 0 Å². The molecule has 1 aliphatic heterocycles. The lowest BCUT2D eigenvalue weighted by Gasteiger charge is -2.41. The third-order valence-corrected chi connectivity index (χ3v) is 5.63. The van der Waals surface area contributed by atoms with E-state index < -0.39 is 0 Å². The molecule has 2 heterocycles. The number of aryl methyl sites for hydroxylation is 2. The summed E-state index contributed by atoms with van der Waals surface area (Å²) in [4.78, 5) is 14.8. The monoisotopic (exact) mass is 289 g/mol. The first-order valence-corrected chi connectivity index (χ1v) is 8.33. The summed E-state index contributed by atoms with van der Waals surface area (Å²) in [5, 5.41) is 4.42. The second kappa shape index (κ2) is 5.82. The van der Waals surface area contributed by atoms with Crippen molar-refractivity contribution < 1.29 is 4.79 Å². The van der Waals surface area contributed by atoms with E-state index in [1.165, 1.54) is 32.1 Å². The van der Waals surface area contributed by atoms with Crippen LogP contribution in [-0.4, -0.2) is 33.7 Å². The van der Waals surface area contributed by atoms with E-state index in [1.54, 1.807) is 0 Å². The summed E-state index contributed by atoms with van der Waals surface area (Å²) in [5.74, 6) is 1.93. The van der Waals surface area contributed by atoms with Crippen LogP contribution in [0.2, 0.25) is 0 Å². The third kappa shape index (κ3) is 2.85. The molecule has 0 aromatic carbocycles. The highest BCUT2D eigenvalue weighted by atomic mass is 16.2. The molecule has 2 atom stereocenters. The lowest BCUT2D eigenvalue weighted by molar-refractivity contribution is -0.133. The van der Waals surface area contributed by atoms with Gasteiger partial charge in [0.05, 0.1) is 12.1 Å². The summed E-state index contributed by atoms with van der Waals surface area (Å²) >= 11 is 0. The summed E-state index contributed by atoms with van der Waals surface area (Å²) in [6, 6.07) is 0. The molecule has 0 N–H and O–H groups in total. The lowest BCUT2D eigenvalue weighted by atomic mass is 9.75. The Kier molecular flexibility index (Phi) is 4.05. The fourth-order valence-corrected chi connectivity index (χ4v) is 4.16. The number of carbonyl (C=O) groups excluding carboxylic acids is 1. The van der Waals surface area contributed by atoms with Gasteiger partial charge >= 0.3 is 0 Å². The maximum atomic E-state index is 12.6. The van der Waals surface area contributed by atoms with Gasteiger partial charge in [-0.15, -0.1) is 0 Å². The van der Waals surface area contributed by atoms with E-state index in [0.717, 1.165) is 41.9 Å². The van der Waals surface area contributed by atoms with E-state index in [9.17, 15) is 4.79 Å². The summed E-state index contributed by atoms with van der Waals surface area (Å²) < 4.78 is 1.88. The number of piperidine rings is 1. The number of hydrogen-bond acceptors (Lipinski definition) is 2. The fourth-order valence-electron chi connectivity index (χ4n) is 4.16. The van der Waals surface area contributed by atoms with Crippen molar-refractivity contribution in [2.24, 2.45) is 18.9 Å². The molecule has 1 saturated carbocycles. The van der Waals surface area contributed by atoms with Gasteiger partial charge in [0.25, 0.3) is 0 Å². The smallest absolute Gasteiger partial charge is 0.227 e. The molecule has 4 nitrogen and oxygen atoms in total. The van der Waals surface area contributed by atoms with Crippen LogP contribution in [0.1, 0.15) is 49.1 Å². The predicted molar refractivity (Wildman–Crippen MR) is 83.0 cm³/mol. The average molecular weight is 289 g/mol. The van der Waals surface area contributed by atoms with Gasteiger partial charge in [-0.05, 0) is 38.5 Å². The Hall–Kier alpha value is -1.32. The van der Waals surface area contributed by atoms with Gasteiger partial charge in [0.1, 0.15) is 0 Å². The van der Waals surface area contributed by atoms with Crippen molar-refractivity contribution in [3.63, 3.8) is 0 Å². The van der Waals surface area contributed by atoms with Crippen molar-refractivity contribution in [1.82, 2.24) is 14.7 Å². The zero-order chi connectivity index (χ0) is 15.0. The van der Waals surface area contributed by atoms with Crippen molar-refractivity contribution in [2.75, 3.05) is 13.1 Å². The maximum Gasteiger partial charge on any atom is 0.227 e. The number of rotatable bonds is 2. The molecule has 1 aromatic rings. The van der Waals surface area contributed by atoms with Crippen LogP contribution in [0, 0.1) is 25.7 Å². The van der Waals surface area contributed by atoms with Crippen molar-refractivity contribution in [3.8, 4) is 0 Å². The van der Waals surface area contributed by atoms with E-state index in [2.05, 4.69) is 16.9 Å². The van der Waals surface area contributed by atoms with Crippen LogP contribution in [0.15, 0.2) is 0 Å². The lowest BCUT2D eigenvalue weighted by Crippen LogP contribution is -2.45. The molecule has 2 aliphatic rings. The number of likely N-dealkylation sites (tertiary alicyclic amines) is 1. The highest BCUT2D eigenvalue weighted by molar-refractivity contribution is 5.79. The minimum Gasteiger partial charge on any atom is -0.342 e. The Balaban J connectivity index is 1.65. The number of nitrogens with zero attached hydrogens (tertiary/aromatic N) is 3. The molecule has 2 fully saturated rings. The largest absolute Gasteiger partial charge is 0.342 e. The van der Waals surface area contributed by atoms with Gasteiger partial charge in [-0.3, -0.25) is 9.48 Å². The quantitative estimate of drug-likeness (QED) is 0.839. The van der Waals surface area contributed by atoms with Gasteiger partial charge in [0, 0.05) is 31.4 Å². The van der Waals surface area contributed by atoms with Crippen LogP contribution in [0.4, 0.5) is 0 Å². The fraction of sp³-hybridized carbons (Fsp3) is 0.765. The highest BCUT2D eigenvalue weighted by Gasteiger charge is 2.33. The summed E-state index contributed by atoms with van der Waals surface area (Å²) in [5.41, 5.74) is 3.23. The number of aromatic nitrogens is 2. The van der Waals surface area contributed by atoms with Crippen molar-refractivity contribution >= 4 is 5.91 Å². The standard InChI is InChI=1S/C17H27N3O/c1-12-16(13(2)19(3)18-12)10-17(21)20-9-8-14-6-4-5-7-15(14)11-20/h14-15H,4-11H2,1-3H3. The molecule has 116 valence electrons. The van der Waals surface area contributed by atoms with Crippen molar-refractivity contribution in [3.05, 3.63) is 17.0 Å². The first-order valence-electron chi connectivity index (χ1n) is 8.33. The molecule has 1 amide bonds. The van der Waals surface area contributed by atoms with Gasteiger partial charge in [0.2, 0.25) is 5.91 Å². The molecule has 1 saturated heterocycles. The number of amides is 1. The minimum atomic E-state index is 0.290. The molecule has 0 bridgehead atoms. The van der Waals surface area contributed by atoms with E-state index in [-0.39, 0.29) is 0 Å². The van der Waals surface area contributed by atoms with Crippen LogP contribution in [0.25, 0.3) is 0 Å². The summed E-state index contributed by atoms with van der Waals surface area (Å²) in [7, 11) is 1.95. The normalized spacial score (nSPS) is 25.8. The second-order valence-corrected chi connectivity index (χ2v) is 6.88. The van der Waals surface area contributed by atoms with E-state index >= 15 is 0 Å². The molecule has 21 heavy (non-hydrogen) atoms. The molecular weight excluding hydrogens is 262 g/mol. The SMILES string of the molecule is Cc1nn(C)c(C)c1CC(=O)N1CCC2CCCCC2C1. The zero-order valence-corrected chi connectivity index (χ0v) is 13.6. The van der Waals surface area contributed by atoms with Crippen molar-refractivity contribution in [2.45, 2.75) is 52.4 Å². The molecule has 0 spiro atoms. The Morgan fingerprint density at radius 1 is 1.19 bits per heavy atom. The Morgan fingerprint density at radius 2 is 1.90 bits per heavy atom. The van der Waals surface area contributed by atoms with Crippen LogP contribution in [0.3, 0.4) is 0 Å². The first-order chi connectivity index (χ1) is 10.1. The Morgan fingerprint density at radius 3 is 2.57 bits per heavy atom. The molecule has 1 aromatic heterocycles. The minimum absolute atomic E-state index is 0.290. The highest BCUT2D eigenvalue weighted by Crippen LogP contribution is 2.36.